The maximum absolute atomic E-state index is 13.4. The Morgan fingerprint density at radius 3 is 2.75 bits per heavy atom. The van der Waals surface area contributed by atoms with E-state index in [-0.39, 0.29) is 12.4 Å². The van der Waals surface area contributed by atoms with E-state index in [4.69, 9.17) is 4.74 Å². The third-order valence-electron chi connectivity index (χ3n) is 2.76. The second kappa shape index (κ2) is 6.96. The Bertz CT molecular complexity index is 558. The van der Waals surface area contributed by atoms with Gasteiger partial charge in [-0.1, -0.05) is 19.1 Å². The smallest absolute Gasteiger partial charge is 0.200 e. The van der Waals surface area contributed by atoms with Crippen molar-refractivity contribution in [3.05, 3.63) is 59.4 Å². The highest BCUT2D eigenvalue weighted by Crippen LogP contribution is 2.20. The number of nitrogens with zero attached hydrogens (tertiary/aromatic N) is 1. The number of ether oxygens (including phenoxy) is 1. The first kappa shape index (κ1) is 14.4. The van der Waals surface area contributed by atoms with Crippen molar-refractivity contribution in [3.8, 4) is 5.75 Å². The molecule has 0 bridgehead atoms. The zero-order chi connectivity index (χ0) is 14.4. The predicted molar refractivity (Wildman–Crippen MR) is 72.3 cm³/mol. The summed E-state index contributed by atoms with van der Waals surface area (Å²) in [5.41, 5.74) is 1.72. The molecule has 3 nitrogen and oxygen atoms in total. The van der Waals surface area contributed by atoms with Crippen LogP contribution in [0.3, 0.4) is 0 Å². The molecule has 2 rings (SSSR count). The van der Waals surface area contributed by atoms with Crippen molar-refractivity contribution in [1.82, 2.24) is 10.3 Å². The topological polar surface area (TPSA) is 34.1 Å². The molecule has 1 aromatic heterocycles. The summed E-state index contributed by atoms with van der Waals surface area (Å²) in [5.74, 6) is -2.00. The number of hydrogen-bond acceptors (Lipinski definition) is 3. The van der Waals surface area contributed by atoms with E-state index in [1.54, 1.807) is 6.20 Å². The molecule has 0 saturated heterocycles. The lowest BCUT2D eigenvalue weighted by molar-refractivity contribution is 0.280. The van der Waals surface area contributed by atoms with Crippen molar-refractivity contribution in [2.45, 2.75) is 20.1 Å². The summed E-state index contributed by atoms with van der Waals surface area (Å²) in [7, 11) is 0. The largest absolute Gasteiger partial charge is 0.484 e. The van der Waals surface area contributed by atoms with E-state index in [1.165, 1.54) is 12.1 Å². The van der Waals surface area contributed by atoms with Crippen LogP contribution in [0, 0.1) is 11.6 Å². The van der Waals surface area contributed by atoms with Crippen molar-refractivity contribution in [1.29, 1.82) is 0 Å². The number of rotatable bonds is 6. The molecule has 0 aliphatic carbocycles. The molecule has 0 spiro atoms. The van der Waals surface area contributed by atoms with E-state index in [9.17, 15) is 8.78 Å². The van der Waals surface area contributed by atoms with Gasteiger partial charge in [-0.3, -0.25) is 4.98 Å². The van der Waals surface area contributed by atoms with Gasteiger partial charge in [-0.25, -0.2) is 4.39 Å². The van der Waals surface area contributed by atoms with Crippen molar-refractivity contribution in [2.75, 3.05) is 6.54 Å². The van der Waals surface area contributed by atoms with Crippen LogP contribution in [0.1, 0.15) is 18.2 Å². The summed E-state index contributed by atoms with van der Waals surface area (Å²) in [5, 5.41) is 3.19. The summed E-state index contributed by atoms with van der Waals surface area (Å²) in [4.78, 5) is 4.22. The molecule has 1 N–H and O–H groups in total. The molecule has 5 heteroatoms. The molecular formula is C15H16F2N2O. The Morgan fingerprint density at radius 1 is 1.20 bits per heavy atom. The average Bonchev–Trinajstić information content (AvgIpc) is 2.48. The minimum Gasteiger partial charge on any atom is -0.484 e. The first-order valence-electron chi connectivity index (χ1n) is 6.42. The van der Waals surface area contributed by atoms with Gasteiger partial charge in [0, 0.05) is 12.7 Å². The summed E-state index contributed by atoms with van der Waals surface area (Å²) in [6.45, 7) is 3.78. The maximum Gasteiger partial charge on any atom is 0.200 e. The standard InChI is InChI=1S/C15H16F2N2O/c1-2-18-8-11-6-7-12(19-9-11)10-20-14-5-3-4-13(16)15(14)17/h3-7,9,18H,2,8,10H2,1H3. The van der Waals surface area contributed by atoms with Gasteiger partial charge in [-0.2, -0.15) is 4.39 Å². The quantitative estimate of drug-likeness (QED) is 0.882. The molecule has 0 fully saturated rings. The number of benzene rings is 1. The third-order valence-corrected chi connectivity index (χ3v) is 2.76. The SMILES string of the molecule is CCNCc1ccc(COc2cccc(F)c2F)nc1. The molecule has 1 heterocycles. The highest BCUT2D eigenvalue weighted by molar-refractivity contribution is 5.25. The Morgan fingerprint density at radius 2 is 2.05 bits per heavy atom. The van der Waals surface area contributed by atoms with Crippen LogP contribution in [-0.2, 0) is 13.2 Å². The molecule has 0 saturated carbocycles. The van der Waals surface area contributed by atoms with Crippen molar-refractivity contribution in [3.63, 3.8) is 0 Å². The van der Waals surface area contributed by atoms with E-state index < -0.39 is 11.6 Å². The second-order valence-corrected chi connectivity index (χ2v) is 4.28. The molecule has 20 heavy (non-hydrogen) atoms. The fraction of sp³-hybridized carbons (Fsp3) is 0.267. The minimum atomic E-state index is -0.976. The number of aromatic nitrogens is 1. The van der Waals surface area contributed by atoms with Crippen LogP contribution in [0.25, 0.3) is 0 Å². The zero-order valence-electron chi connectivity index (χ0n) is 11.2. The molecule has 0 atom stereocenters. The Hall–Kier alpha value is -2.01. The van der Waals surface area contributed by atoms with Gasteiger partial charge in [0.1, 0.15) is 6.61 Å². The van der Waals surface area contributed by atoms with Gasteiger partial charge < -0.3 is 10.1 Å². The van der Waals surface area contributed by atoms with Crippen molar-refractivity contribution in [2.24, 2.45) is 0 Å². The molecule has 1 aromatic carbocycles. The van der Waals surface area contributed by atoms with Crippen LogP contribution in [0.5, 0.6) is 5.75 Å². The van der Waals surface area contributed by atoms with Crippen LogP contribution in [0.2, 0.25) is 0 Å². The summed E-state index contributed by atoms with van der Waals surface area (Å²) >= 11 is 0. The highest BCUT2D eigenvalue weighted by atomic mass is 19.2. The third kappa shape index (κ3) is 3.74. The molecule has 2 aromatic rings. The summed E-state index contributed by atoms with van der Waals surface area (Å²) < 4.78 is 31.6. The lowest BCUT2D eigenvalue weighted by atomic mass is 10.2. The number of halogens is 2. The van der Waals surface area contributed by atoms with Crippen LogP contribution in [-0.4, -0.2) is 11.5 Å². The van der Waals surface area contributed by atoms with Gasteiger partial charge in [-0.15, -0.1) is 0 Å². The highest BCUT2D eigenvalue weighted by Gasteiger charge is 2.08. The predicted octanol–water partition coefficient (Wildman–Crippen LogP) is 3.05. The fourth-order valence-corrected chi connectivity index (χ4v) is 1.66. The van der Waals surface area contributed by atoms with Gasteiger partial charge in [0.15, 0.2) is 11.6 Å². The van der Waals surface area contributed by atoms with Crippen molar-refractivity contribution < 1.29 is 13.5 Å². The van der Waals surface area contributed by atoms with Gasteiger partial charge in [0.05, 0.1) is 5.69 Å². The monoisotopic (exact) mass is 278 g/mol. The van der Waals surface area contributed by atoms with Crippen LogP contribution in [0.15, 0.2) is 36.5 Å². The molecule has 0 amide bonds. The fourth-order valence-electron chi connectivity index (χ4n) is 1.66. The Balaban J connectivity index is 1.95. The first-order chi connectivity index (χ1) is 9.70. The van der Waals surface area contributed by atoms with E-state index in [2.05, 4.69) is 10.3 Å². The van der Waals surface area contributed by atoms with Crippen molar-refractivity contribution >= 4 is 0 Å². The van der Waals surface area contributed by atoms with Crippen LogP contribution < -0.4 is 10.1 Å². The molecule has 106 valence electrons. The molecule has 0 unspecified atom stereocenters. The molecule has 0 radical (unpaired) electrons. The van der Waals surface area contributed by atoms with Crippen LogP contribution >= 0.6 is 0 Å². The second-order valence-electron chi connectivity index (χ2n) is 4.28. The number of pyridine rings is 1. The van der Waals surface area contributed by atoms with E-state index in [0.717, 1.165) is 24.7 Å². The Kier molecular flexibility index (Phi) is 5.01. The van der Waals surface area contributed by atoms with Gasteiger partial charge in [0.2, 0.25) is 5.82 Å². The van der Waals surface area contributed by atoms with Gasteiger partial charge in [-0.05, 0) is 30.3 Å². The van der Waals surface area contributed by atoms with E-state index in [0.29, 0.717) is 5.69 Å². The summed E-state index contributed by atoms with van der Waals surface area (Å²) in [6.07, 6.45) is 1.74. The van der Waals surface area contributed by atoms with Gasteiger partial charge >= 0.3 is 0 Å². The molecule has 0 aliphatic rings. The lowest BCUT2D eigenvalue weighted by Crippen LogP contribution is -2.12. The molecular weight excluding hydrogens is 262 g/mol. The normalized spacial score (nSPS) is 10.6. The van der Waals surface area contributed by atoms with Crippen LogP contribution in [0.4, 0.5) is 8.78 Å². The summed E-state index contributed by atoms with van der Waals surface area (Å²) in [6, 6.07) is 7.58. The first-order valence-corrected chi connectivity index (χ1v) is 6.42. The number of nitrogens with one attached hydrogen (secondary N) is 1. The Labute approximate surface area is 116 Å². The minimum absolute atomic E-state index is 0.0991. The maximum atomic E-state index is 13.4. The lowest BCUT2D eigenvalue weighted by Gasteiger charge is -2.08. The van der Waals surface area contributed by atoms with E-state index in [1.807, 2.05) is 19.1 Å². The molecule has 0 aliphatic heterocycles. The zero-order valence-corrected chi connectivity index (χ0v) is 11.2. The van der Waals surface area contributed by atoms with E-state index >= 15 is 0 Å². The number of hydrogen-bond donors (Lipinski definition) is 1. The average molecular weight is 278 g/mol. The van der Waals surface area contributed by atoms with Gasteiger partial charge in [0.25, 0.3) is 0 Å².